The predicted molar refractivity (Wildman–Crippen MR) is 175 cm³/mol. The number of halogens is 2. The Labute approximate surface area is 272 Å². The number of fused-ring (bicyclic) bond motifs is 2. The molecule has 3 amide bonds. The van der Waals surface area contributed by atoms with Crippen molar-refractivity contribution in [2.24, 2.45) is 0 Å². The standard InChI is InChI=1S/C33H41BrClN7O2/c1-22-18-36-21-41(22)13-5-12-37-32(43)29-20-40(14-15-42(29)33(44)39-27-6-3-2-4-7-27)31-28-11-10-26(35)17-23(28)8-9-24-16-25(34)19-38-30(24)31/h10-11,16-19,21,27,29,31H,2-9,12-15,20H2,1H3,(H,37,43)(H,39,44)/t29-,31?/m1/s1. The number of urea groups is 1. The first-order valence-corrected chi connectivity index (χ1v) is 17.0. The van der Waals surface area contributed by atoms with Crippen LogP contribution >= 0.6 is 27.5 Å². The van der Waals surface area contributed by atoms with Crippen molar-refractivity contribution in [2.75, 3.05) is 26.2 Å². The topological polar surface area (TPSA) is 95.4 Å². The molecular weight excluding hydrogens is 642 g/mol. The van der Waals surface area contributed by atoms with Gasteiger partial charge in [0.15, 0.2) is 0 Å². The van der Waals surface area contributed by atoms with Crippen LogP contribution in [0.25, 0.3) is 0 Å². The molecule has 2 aliphatic carbocycles. The number of carbonyl (C=O) groups excluding carboxylic acids is 2. The summed E-state index contributed by atoms with van der Waals surface area (Å²) < 4.78 is 3.03. The third kappa shape index (κ3) is 6.97. The molecule has 3 aliphatic rings. The molecule has 2 atom stereocenters. The molecule has 11 heteroatoms. The number of hydrogen-bond acceptors (Lipinski definition) is 5. The van der Waals surface area contributed by atoms with Gasteiger partial charge in [0.1, 0.15) is 6.04 Å². The number of imidazole rings is 1. The number of nitrogens with zero attached hydrogens (tertiary/aromatic N) is 5. The zero-order valence-electron chi connectivity index (χ0n) is 25.3. The first-order valence-electron chi connectivity index (χ1n) is 15.9. The molecule has 234 valence electrons. The van der Waals surface area contributed by atoms with Crippen molar-refractivity contribution in [2.45, 2.75) is 83.0 Å². The maximum Gasteiger partial charge on any atom is 0.318 e. The second kappa shape index (κ2) is 14.0. The molecule has 2 N–H and O–H groups in total. The smallest absolute Gasteiger partial charge is 0.318 e. The quantitative estimate of drug-likeness (QED) is 0.325. The average Bonchev–Trinajstić information content (AvgIpc) is 3.37. The molecule has 2 fully saturated rings. The first kappa shape index (κ1) is 31.0. The van der Waals surface area contributed by atoms with Gasteiger partial charge in [0.05, 0.1) is 18.1 Å². The zero-order chi connectivity index (χ0) is 30.6. The van der Waals surface area contributed by atoms with Crippen LogP contribution in [0.1, 0.15) is 72.6 Å². The van der Waals surface area contributed by atoms with Crippen LogP contribution in [0.15, 0.2) is 47.5 Å². The second-order valence-electron chi connectivity index (χ2n) is 12.3. The van der Waals surface area contributed by atoms with E-state index in [9.17, 15) is 9.59 Å². The molecule has 3 heterocycles. The fourth-order valence-electron chi connectivity index (χ4n) is 6.99. The Morgan fingerprint density at radius 1 is 1.07 bits per heavy atom. The van der Waals surface area contributed by atoms with Gasteiger partial charge >= 0.3 is 6.03 Å². The summed E-state index contributed by atoms with van der Waals surface area (Å²) in [6.07, 6.45) is 13.5. The van der Waals surface area contributed by atoms with Crippen LogP contribution < -0.4 is 10.6 Å². The highest BCUT2D eigenvalue weighted by Crippen LogP contribution is 2.38. The van der Waals surface area contributed by atoms with Crippen LogP contribution in [0.4, 0.5) is 4.79 Å². The third-order valence-electron chi connectivity index (χ3n) is 9.36. The number of piperazine rings is 1. The number of nitrogens with one attached hydrogen (secondary N) is 2. The fourth-order valence-corrected chi connectivity index (χ4v) is 7.57. The summed E-state index contributed by atoms with van der Waals surface area (Å²) in [5.41, 5.74) is 5.65. The summed E-state index contributed by atoms with van der Waals surface area (Å²) in [7, 11) is 0. The van der Waals surface area contributed by atoms with Gasteiger partial charge in [0.2, 0.25) is 5.91 Å². The van der Waals surface area contributed by atoms with E-state index in [1.807, 2.05) is 31.7 Å². The molecule has 1 aromatic carbocycles. The molecule has 3 aromatic rings. The second-order valence-corrected chi connectivity index (χ2v) is 13.7. The SMILES string of the molecule is Cc1cncn1CCCNC(=O)[C@H]1CN(C2c3ccc(Cl)cc3CCc3cc(Br)cnc32)CCN1C(=O)NC1CCCCC1. The van der Waals surface area contributed by atoms with Gasteiger partial charge in [-0.3, -0.25) is 14.7 Å². The molecule has 0 spiro atoms. The van der Waals surface area contributed by atoms with E-state index in [0.29, 0.717) is 26.2 Å². The molecule has 1 saturated heterocycles. The van der Waals surface area contributed by atoms with Crippen LogP contribution in [0.5, 0.6) is 0 Å². The highest BCUT2D eigenvalue weighted by atomic mass is 79.9. The van der Waals surface area contributed by atoms with Crippen LogP contribution in [-0.2, 0) is 24.2 Å². The number of carbonyl (C=O) groups is 2. The van der Waals surface area contributed by atoms with E-state index in [0.717, 1.165) is 77.9 Å². The zero-order valence-corrected chi connectivity index (χ0v) is 27.6. The molecule has 1 unspecified atom stereocenters. The number of pyridine rings is 1. The summed E-state index contributed by atoms with van der Waals surface area (Å²) in [5.74, 6) is -0.121. The van der Waals surface area contributed by atoms with Gasteiger partial charge < -0.3 is 20.1 Å². The predicted octanol–water partition coefficient (Wildman–Crippen LogP) is 5.43. The van der Waals surface area contributed by atoms with Crippen molar-refractivity contribution >= 4 is 39.5 Å². The van der Waals surface area contributed by atoms with E-state index in [2.05, 4.69) is 59.2 Å². The van der Waals surface area contributed by atoms with E-state index in [1.165, 1.54) is 17.5 Å². The molecular formula is C33H41BrClN7O2. The van der Waals surface area contributed by atoms with Crippen molar-refractivity contribution in [1.82, 2.24) is 35.0 Å². The fraction of sp³-hybridized carbons (Fsp3) is 0.515. The summed E-state index contributed by atoms with van der Waals surface area (Å²) in [4.78, 5) is 40.8. The lowest BCUT2D eigenvalue weighted by atomic mass is 9.95. The Morgan fingerprint density at radius 3 is 2.68 bits per heavy atom. The molecule has 1 saturated carbocycles. The molecule has 0 radical (unpaired) electrons. The van der Waals surface area contributed by atoms with Crippen LogP contribution in [0.2, 0.25) is 5.02 Å². The maximum atomic E-state index is 13.9. The van der Waals surface area contributed by atoms with Gasteiger partial charge in [-0.15, -0.1) is 0 Å². The minimum Gasteiger partial charge on any atom is -0.354 e. The molecule has 6 rings (SSSR count). The first-order chi connectivity index (χ1) is 21.4. The monoisotopic (exact) mass is 681 g/mol. The number of aromatic nitrogens is 3. The molecule has 1 aliphatic heterocycles. The molecule has 2 aromatic heterocycles. The Kier molecular flexibility index (Phi) is 9.88. The van der Waals surface area contributed by atoms with E-state index in [-0.39, 0.29) is 24.0 Å². The van der Waals surface area contributed by atoms with Gasteiger partial charge in [-0.05, 0) is 89.8 Å². The summed E-state index contributed by atoms with van der Waals surface area (Å²) in [6, 6.07) is 7.53. The summed E-state index contributed by atoms with van der Waals surface area (Å²) in [6.45, 7) is 4.81. The normalized spacial score (nSPS) is 20.8. The number of rotatable bonds is 7. The average molecular weight is 683 g/mol. The highest BCUT2D eigenvalue weighted by Gasteiger charge is 2.40. The van der Waals surface area contributed by atoms with Gasteiger partial charge in [0.25, 0.3) is 0 Å². The van der Waals surface area contributed by atoms with E-state index < -0.39 is 6.04 Å². The Balaban J connectivity index is 1.25. The van der Waals surface area contributed by atoms with Gasteiger partial charge in [-0.25, -0.2) is 9.78 Å². The lowest BCUT2D eigenvalue weighted by Crippen LogP contribution is -2.63. The largest absolute Gasteiger partial charge is 0.354 e. The van der Waals surface area contributed by atoms with Gasteiger partial charge in [-0.2, -0.15) is 0 Å². The summed E-state index contributed by atoms with van der Waals surface area (Å²) >= 11 is 10.1. The number of hydrogen-bond donors (Lipinski definition) is 2. The van der Waals surface area contributed by atoms with Crippen LogP contribution in [-0.4, -0.2) is 74.5 Å². The van der Waals surface area contributed by atoms with E-state index in [1.54, 1.807) is 4.90 Å². The van der Waals surface area contributed by atoms with Crippen molar-refractivity contribution in [3.63, 3.8) is 0 Å². The highest BCUT2D eigenvalue weighted by molar-refractivity contribution is 9.10. The summed E-state index contributed by atoms with van der Waals surface area (Å²) in [5, 5.41) is 7.13. The van der Waals surface area contributed by atoms with Crippen molar-refractivity contribution in [3.05, 3.63) is 80.6 Å². The van der Waals surface area contributed by atoms with Crippen LogP contribution in [0, 0.1) is 6.92 Å². The maximum absolute atomic E-state index is 13.9. The van der Waals surface area contributed by atoms with Crippen LogP contribution in [0.3, 0.4) is 0 Å². The number of amides is 3. The van der Waals surface area contributed by atoms with Gasteiger partial charge in [0, 0.05) is 66.3 Å². The Morgan fingerprint density at radius 2 is 1.89 bits per heavy atom. The molecule has 9 nitrogen and oxygen atoms in total. The lowest BCUT2D eigenvalue weighted by molar-refractivity contribution is -0.127. The minimum atomic E-state index is -0.625. The molecule has 0 bridgehead atoms. The van der Waals surface area contributed by atoms with Crippen molar-refractivity contribution < 1.29 is 9.59 Å². The van der Waals surface area contributed by atoms with Crippen molar-refractivity contribution in [1.29, 1.82) is 0 Å². The van der Waals surface area contributed by atoms with Gasteiger partial charge in [-0.1, -0.05) is 36.9 Å². The molecule has 44 heavy (non-hydrogen) atoms. The number of aryl methyl sites for hydroxylation is 4. The Bertz CT molecular complexity index is 1440. The Hall–Kier alpha value is -2.95. The van der Waals surface area contributed by atoms with E-state index in [4.69, 9.17) is 16.6 Å². The minimum absolute atomic E-state index is 0.121. The van der Waals surface area contributed by atoms with Crippen molar-refractivity contribution in [3.8, 4) is 0 Å². The lowest BCUT2D eigenvalue weighted by Gasteiger charge is -2.44. The van der Waals surface area contributed by atoms with E-state index >= 15 is 0 Å². The number of benzene rings is 1. The third-order valence-corrected chi connectivity index (χ3v) is 10.0.